The minimum atomic E-state index is -0.586. The fourth-order valence-corrected chi connectivity index (χ4v) is 4.60. The second kappa shape index (κ2) is 6.97. The van der Waals surface area contributed by atoms with E-state index < -0.39 is 6.04 Å². The Bertz CT molecular complexity index is 1130. The van der Waals surface area contributed by atoms with E-state index in [-0.39, 0.29) is 11.5 Å². The molecule has 132 valence electrons. The van der Waals surface area contributed by atoms with Crippen molar-refractivity contribution in [1.82, 2.24) is 19.9 Å². The molecule has 6 nitrogen and oxygen atoms in total. The lowest BCUT2D eigenvalue weighted by molar-refractivity contribution is -0.124. The van der Waals surface area contributed by atoms with Crippen LogP contribution in [-0.4, -0.2) is 20.4 Å². The van der Waals surface area contributed by atoms with Crippen molar-refractivity contribution in [2.75, 3.05) is 0 Å². The van der Waals surface area contributed by atoms with E-state index in [0.717, 1.165) is 15.1 Å². The van der Waals surface area contributed by atoms with E-state index in [1.165, 1.54) is 22.2 Å². The average molecular weight is 384 g/mol. The van der Waals surface area contributed by atoms with E-state index in [4.69, 9.17) is 0 Å². The van der Waals surface area contributed by atoms with E-state index >= 15 is 0 Å². The number of thiophene rings is 2. The third kappa shape index (κ3) is 2.91. The molecule has 0 radical (unpaired) electrons. The Morgan fingerprint density at radius 3 is 2.96 bits per heavy atom. The van der Waals surface area contributed by atoms with Crippen molar-refractivity contribution < 1.29 is 4.79 Å². The highest BCUT2D eigenvalue weighted by Gasteiger charge is 2.22. The first kappa shape index (κ1) is 16.9. The van der Waals surface area contributed by atoms with Gasteiger partial charge in [0.2, 0.25) is 5.91 Å². The van der Waals surface area contributed by atoms with Crippen molar-refractivity contribution in [1.29, 1.82) is 0 Å². The van der Waals surface area contributed by atoms with Gasteiger partial charge in [-0.1, -0.05) is 13.0 Å². The highest BCUT2D eigenvalue weighted by Crippen LogP contribution is 2.28. The van der Waals surface area contributed by atoms with Gasteiger partial charge in [-0.3, -0.25) is 14.2 Å². The zero-order chi connectivity index (χ0) is 18.1. The normalized spacial score (nSPS) is 12.5. The maximum absolute atomic E-state index is 13.0. The summed E-state index contributed by atoms with van der Waals surface area (Å²) in [4.78, 5) is 36.2. The Kier molecular flexibility index (Phi) is 4.52. The monoisotopic (exact) mass is 384 g/mol. The molecule has 0 fully saturated rings. The number of rotatable bonds is 5. The third-order valence-electron chi connectivity index (χ3n) is 4.22. The minimum Gasteiger partial charge on any atom is -0.349 e. The van der Waals surface area contributed by atoms with E-state index in [0.29, 0.717) is 23.2 Å². The minimum absolute atomic E-state index is 0.177. The molecule has 0 saturated carbocycles. The number of hydrogen-bond donors (Lipinski definition) is 1. The first-order valence-electron chi connectivity index (χ1n) is 8.23. The molecule has 0 aliphatic heterocycles. The van der Waals surface area contributed by atoms with Crippen LogP contribution < -0.4 is 10.9 Å². The summed E-state index contributed by atoms with van der Waals surface area (Å²) in [5, 5.41) is 5.75. The second-order valence-corrected chi connectivity index (χ2v) is 7.85. The topological polar surface area (TPSA) is 76.9 Å². The highest BCUT2D eigenvalue weighted by atomic mass is 32.1. The molecular formula is C18H16N4O2S2. The summed E-state index contributed by atoms with van der Waals surface area (Å²) in [6, 6.07) is 7.06. The average Bonchev–Trinajstić information content (AvgIpc) is 3.30. The smallest absolute Gasteiger partial charge is 0.272 e. The van der Waals surface area contributed by atoms with Gasteiger partial charge in [-0.25, -0.2) is 9.97 Å². The molecule has 4 aromatic heterocycles. The maximum Gasteiger partial charge on any atom is 0.272 e. The molecule has 1 amide bonds. The van der Waals surface area contributed by atoms with E-state index in [9.17, 15) is 9.59 Å². The molecule has 8 heteroatoms. The summed E-state index contributed by atoms with van der Waals surface area (Å²) in [6.07, 6.45) is 3.68. The molecule has 0 aromatic carbocycles. The zero-order valence-electron chi connectivity index (χ0n) is 14.0. The molecule has 0 aliphatic carbocycles. The Labute approximate surface area is 157 Å². The molecule has 1 N–H and O–H groups in total. The van der Waals surface area contributed by atoms with Crippen LogP contribution in [0.4, 0.5) is 0 Å². The molecule has 0 aliphatic rings. The standard InChI is InChI=1S/C18H16N4O2S2/c1-2-13(16(23)20-9-11-5-4-8-25-11)22-10-21-14-12-6-3-7-19-17(12)26-15(14)18(22)24/h3-8,10,13H,2,9H2,1H3,(H,20,23)/t13-/m1/s1. The number of nitrogens with one attached hydrogen (secondary N) is 1. The predicted octanol–water partition coefficient (Wildman–Crippen LogP) is 3.34. The summed E-state index contributed by atoms with van der Waals surface area (Å²) in [5.41, 5.74) is 0.448. The molecule has 0 unspecified atom stereocenters. The lowest BCUT2D eigenvalue weighted by atomic mass is 10.2. The molecule has 0 saturated heterocycles. The van der Waals surface area contributed by atoms with Crippen molar-refractivity contribution in [2.24, 2.45) is 0 Å². The van der Waals surface area contributed by atoms with Gasteiger partial charge in [0.25, 0.3) is 5.56 Å². The summed E-state index contributed by atoms with van der Waals surface area (Å²) in [7, 11) is 0. The van der Waals surface area contributed by atoms with Gasteiger partial charge in [-0.15, -0.1) is 22.7 Å². The van der Waals surface area contributed by atoms with Crippen LogP contribution in [0.1, 0.15) is 24.3 Å². The summed E-state index contributed by atoms with van der Waals surface area (Å²) in [6.45, 7) is 2.35. The van der Waals surface area contributed by atoms with Gasteiger partial charge in [0, 0.05) is 16.5 Å². The number of nitrogens with zero attached hydrogens (tertiary/aromatic N) is 3. The molecule has 4 heterocycles. The van der Waals surface area contributed by atoms with Gasteiger partial charge in [-0.2, -0.15) is 0 Å². The lowest BCUT2D eigenvalue weighted by Gasteiger charge is -2.17. The van der Waals surface area contributed by atoms with Crippen LogP contribution in [-0.2, 0) is 11.3 Å². The quantitative estimate of drug-likeness (QED) is 0.573. The van der Waals surface area contributed by atoms with Crippen LogP contribution >= 0.6 is 22.7 Å². The summed E-state index contributed by atoms with van der Waals surface area (Å²) in [5.74, 6) is -0.177. The van der Waals surface area contributed by atoms with E-state index in [2.05, 4.69) is 15.3 Å². The van der Waals surface area contributed by atoms with Crippen LogP contribution in [0.5, 0.6) is 0 Å². The van der Waals surface area contributed by atoms with E-state index in [1.54, 1.807) is 17.5 Å². The fraction of sp³-hybridized carbons (Fsp3) is 0.222. The summed E-state index contributed by atoms with van der Waals surface area (Å²) < 4.78 is 1.97. The number of amides is 1. The van der Waals surface area contributed by atoms with E-state index in [1.807, 2.05) is 36.6 Å². The first-order valence-corrected chi connectivity index (χ1v) is 9.93. The predicted molar refractivity (Wildman–Crippen MR) is 105 cm³/mol. The van der Waals surface area contributed by atoms with Crippen molar-refractivity contribution in [2.45, 2.75) is 25.9 Å². The molecule has 26 heavy (non-hydrogen) atoms. The fourth-order valence-electron chi connectivity index (χ4n) is 2.92. The van der Waals surface area contributed by atoms with Crippen LogP contribution in [0, 0.1) is 0 Å². The second-order valence-electron chi connectivity index (χ2n) is 5.81. The van der Waals surface area contributed by atoms with Crippen LogP contribution in [0.2, 0.25) is 0 Å². The lowest BCUT2D eigenvalue weighted by Crippen LogP contribution is -2.36. The van der Waals surface area contributed by atoms with Crippen molar-refractivity contribution >= 4 is 49.0 Å². The number of hydrogen-bond acceptors (Lipinski definition) is 6. The number of carbonyl (C=O) groups excluding carboxylic acids is 1. The van der Waals surface area contributed by atoms with Gasteiger partial charge in [-0.05, 0) is 30.0 Å². The Morgan fingerprint density at radius 2 is 2.19 bits per heavy atom. The molecule has 0 bridgehead atoms. The van der Waals surface area contributed by atoms with Gasteiger partial charge in [0.1, 0.15) is 15.6 Å². The molecule has 4 rings (SSSR count). The SMILES string of the molecule is CC[C@H](C(=O)NCc1cccs1)n1cnc2c(sc3ncccc32)c1=O. The van der Waals surface area contributed by atoms with Crippen molar-refractivity contribution in [3.8, 4) is 0 Å². The van der Waals surface area contributed by atoms with Crippen molar-refractivity contribution in [3.05, 3.63) is 57.4 Å². The van der Waals surface area contributed by atoms with Gasteiger partial charge in [0.15, 0.2) is 0 Å². The maximum atomic E-state index is 13.0. The largest absolute Gasteiger partial charge is 0.349 e. The Hall–Kier alpha value is -2.58. The molecule has 4 aromatic rings. The van der Waals surface area contributed by atoms with Crippen molar-refractivity contribution in [3.63, 3.8) is 0 Å². The molecule has 0 spiro atoms. The van der Waals surface area contributed by atoms with Gasteiger partial charge in [0.05, 0.1) is 18.4 Å². The first-order chi connectivity index (χ1) is 12.7. The van der Waals surface area contributed by atoms with Gasteiger partial charge < -0.3 is 5.32 Å². The van der Waals surface area contributed by atoms with Crippen LogP contribution in [0.25, 0.3) is 20.4 Å². The molecular weight excluding hydrogens is 368 g/mol. The third-order valence-corrected chi connectivity index (χ3v) is 6.19. The van der Waals surface area contributed by atoms with Crippen LogP contribution in [0.3, 0.4) is 0 Å². The zero-order valence-corrected chi connectivity index (χ0v) is 15.6. The number of pyridine rings is 1. The number of aromatic nitrogens is 3. The van der Waals surface area contributed by atoms with Crippen LogP contribution in [0.15, 0.2) is 47.0 Å². The Morgan fingerprint density at radius 1 is 1.31 bits per heavy atom. The molecule has 1 atom stereocenters. The Balaban J connectivity index is 1.69. The number of fused-ring (bicyclic) bond motifs is 3. The highest BCUT2D eigenvalue weighted by molar-refractivity contribution is 7.25. The number of carbonyl (C=O) groups is 1. The van der Waals surface area contributed by atoms with Gasteiger partial charge >= 0.3 is 0 Å². The summed E-state index contributed by atoms with van der Waals surface area (Å²) >= 11 is 2.90.